The minimum atomic E-state index is -1.15. The van der Waals surface area contributed by atoms with Crippen LogP contribution in [0.4, 0.5) is 0 Å². The number of alkyl halides is 1. The van der Waals surface area contributed by atoms with Crippen molar-refractivity contribution in [3.63, 3.8) is 0 Å². The number of carbonyl (C=O) groups is 2. The molecule has 1 aliphatic carbocycles. The molecule has 0 amide bonds. The summed E-state index contributed by atoms with van der Waals surface area (Å²) in [5.41, 5.74) is -2.95. The van der Waals surface area contributed by atoms with Crippen LogP contribution in [-0.2, 0) is 28.5 Å². The van der Waals surface area contributed by atoms with Gasteiger partial charge in [-0.3, -0.25) is 0 Å². The molecule has 0 aromatic carbocycles. The van der Waals surface area contributed by atoms with Crippen LogP contribution in [0.15, 0.2) is 47.3 Å². The van der Waals surface area contributed by atoms with Gasteiger partial charge in [-0.15, -0.1) is 0 Å². The molecule has 0 bridgehead atoms. The van der Waals surface area contributed by atoms with Crippen molar-refractivity contribution in [3.05, 3.63) is 48.5 Å². The van der Waals surface area contributed by atoms with Gasteiger partial charge in [0.15, 0.2) is 11.2 Å². The number of cyclic esters (lactones) is 2. The van der Waals surface area contributed by atoms with Gasteiger partial charge in [0, 0.05) is 22.5 Å². The second-order valence-electron chi connectivity index (χ2n) is 11.4. The Labute approximate surface area is 203 Å². The molecule has 6 rings (SSSR count). The fourth-order valence-corrected chi connectivity index (χ4v) is 7.95. The molecule has 3 saturated heterocycles. The lowest BCUT2D eigenvalue weighted by molar-refractivity contribution is -0.179. The van der Waals surface area contributed by atoms with Gasteiger partial charge < -0.3 is 23.4 Å². The fourth-order valence-electron chi connectivity index (χ4n) is 7.48. The molecule has 0 N–H and O–H groups in total. The van der Waals surface area contributed by atoms with E-state index in [0.29, 0.717) is 12.8 Å². The Morgan fingerprint density at radius 3 is 2.47 bits per heavy atom. The molecule has 2 spiro atoms. The van der Waals surface area contributed by atoms with Gasteiger partial charge >= 0.3 is 11.9 Å². The van der Waals surface area contributed by atoms with E-state index in [1.807, 2.05) is 32.9 Å². The monoisotopic (exact) mass is 488 g/mol. The Morgan fingerprint density at radius 1 is 1.03 bits per heavy atom. The van der Waals surface area contributed by atoms with Crippen LogP contribution in [0, 0.1) is 16.2 Å². The lowest BCUT2D eigenvalue weighted by atomic mass is 9.50. The molecule has 4 aliphatic heterocycles. The third-order valence-electron chi connectivity index (χ3n) is 9.41. The van der Waals surface area contributed by atoms with Crippen molar-refractivity contribution < 1.29 is 33.0 Å². The van der Waals surface area contributed by atoms with Gasteiger partial charge in [-0.25, -0.2) is 9.59 Å². The standard InChI is InChI=1S/C26H29ClO7/c1-21(2)25(11-7-17(28)33-21)13-16(32-24(25,5)27)22(3)9-6-10-23(4)18(15-8-12-30-14-15)31-20(29)19-26(22,23)34-19/h6-9,11-12,14,16,18-19H,10,13H2,1-5H3/t16-,18+,19-,22+,23+,24+,25+,26+/m1/s1. The van der Waals surface area contributed by atoms with Gasteiger partial charge in [0.2, 0.25) is 0 Å². The van der Waals surface area contributed by atoms with E-state index in [-0.39, 0.29) is 5.97 Å². The zero-order valence-corrected chi connectivity index (χ0v) is 20.7. The van der Waals surface area contributed by atoms with Crippen LogP contribution in [0.2, 0.25) is 0 Å². The summed E-state index contributed by atoms with van der Waals surface area (Å²) in [5, 5.41) is -1.15. The third-order valence-corrected chi connectivity index (χ3v) is 9.84. The molecular weight excluding hydrogens is 460 g/mol. The van der Waals surface area contributed by atoms with E-state index in [1.165, 1.54) is 6.08 Å². The first-order valence-corrected chi connectivity index (χ1v) is 12.1. The zero-order valence-electron chi connectivity index (χ0n) is 19.9. The second kappa shape index (κ2) is 6.37. The number of hydrogen-bond donors (Lipinski definition) is 0. The minimum absolute atomic E-state index is 0.377. The molecular formula is C26H29ClO7. The SMILES string of the molecule is CC1(C)OC(=O)C=C[C@]12C[C@H]([C@]1(C)C=CC[C@@]3(C)[C@H](c4ccoc4)OC(=O)[C@H]4O[C@@]413)O[C@]2(C)Cl. The van der Waals surface area contributed by atoms with Gasteiger partial charge in [0.1, 0.15) is 17.3 Å². The van der Waals surface area contributed by atoms with E-state index < -0.39 is 56.8 Å². The first-order chi connectivity index (χ1) is 15.8. The summed E-state index contributed by atoms with van der Waals surface area (Å²) in [6, 6.07) is 1.83. The molecule has 1 aromatic rings. The van der Waals surface area contributed by atoms with Crippen molar-refractivity contribution in [2.75, 3.05) is 0 Å². The maximum atomic E-state index is 13.1. The molecule has 0 radical (unpaired) electrons. The Hall–Kier alpha value is -2.09. The summed E-state index contributed by atoms with van der Waals surface area (Å²) in [6.45, 7) is 9.74. The van der Waals surface area contributed by atoms with Crippen molar-refractivity contribution in [1.29, 1.82) is 0 Å². The molecule has 3 fully saturated rings. The van der Waals surface area contributed by atoms with Gasteiger partial charge in [0.25, 0.3) is 0 Å². The summed E-state index contributed by atoms with van der Waals surface area (Å²) in [5.74, 6) is -0.775. The topological polar surface area (TPSA) is 87.5 Å². The Kier molecular flexibility index (Phi) is 4.19. The molecule has 8 heteroatoms. The van der Waals surface area contributed by atoms with Crippen LogP contribution in [0.3, 0.4) is 0 Å². The van der Waals surface area contributed by atoms with E-state index in [0.717, 1.165) is 5.56 Å². The third kappa shape index (κ3) is 2.36. The van der Waals surface area contributed by atoms with E-state index in [1.54, 1.807) is 12.5 Å². The van der Waals surface area contributed by atoms with Crippen molar-refractivity contribution in [3.8, 4) is 0 Å². The normalized spacial score (nSPS) is 50.5. The highest BCUT2D eigenvalue weighted by atomic mass is 35.5. The highest BCUT2D eigenvalue weighted by Gasteiger charge is 2.85. The highest BCUT2D eigenvalue weighted by molar-refractivity contribution is 6.23. The Balaban J connectivity index is 1.46. The average molecular weight is 489 g/mol. The molecule has 0 unspecified atom stereocenters. The van der Waals surface area contributed by atoms with Crippen molar-refractivity contribution in [2.24, 2.45) is 16.2 Å². The predicted octanol–water partition coefficient (Wildman–Crippen LogP) is 4.61. The van der Waals surface area contributed by atoms with Gasteiger partial charge in [-0.2, -0.15) is 0 Å². The molecule has 5 aliphatic rings. The van der Waals surface area contributed by atoms with Gasteiger partial charge in [-0.1, -0.05) is 43.7 Å². The maximum absolute atomic E-state index is 13.1. The number of rotatable bonds is 2. The maximum Gasteiger partial charge on any atom is 0.339 e. The zero-order chi connectivity index (χ0) is 24.4. The number of esters is 2. The number of epoxide rings is 1. The van der Waals surface area contributed by atoms with E-state index >= 15 is 0 Å². The van der Waals surface area contributed by atoms with Crippen LogP contribution in [0.1, 0.15) is 59.1 Å². The second-order valence-corrected chi connectivity index (χ2v) is 12.1. The van der Waals surface area contributed by atoms with Crippen LogP contribution in [-0.4, -0.2) is 40.4 Å². The lowest BCUT2D eigenvalue weighted by Gasteiger charge is -2.54. The van der Waals surface area contributed by atoms with Crippen LogP contribution < -0.4 is 0 Å². The summed E-state index contributed by atoms with van der Waals surface area (Å²) < 4.78 is 30.0. The Bertz CT molecular complexity index is 1140. The average Bonchev–Trinajstić information content (AvgIpc) is 3.18. The summed E-state index contributed by atoms with van der Waals surface area (Å²) in [4.78, 5) is 25.1. The van der Waals surface area contributed by atoms with E-state index in [9.17, 15) is 9.59 Å². The lowest BCUT2D eigenvalue weighted by Crippen LogP contribution is -2.62. The molecule has 1 aromatic heterocycles. The van der Waals surface area contributed by atoms with Crippen LogP contribution in [0.25, 0.3) is 0 Å². The fraction of sp³-hybridized carbons (Fsp3) is 0.615. The molecule has 7 nitrogen and oxygen atoms in total. The summed E-state index contributed by atoms with van der Waals surface area (Å²) in [7, 11) is 0. The highest BCUT2D eigenvalue weighted by Crippen LogP contribution is 2.74. The van der Waals surface area contributed by atoms with E-state index in [2.05, 4.69) is 26.0 Å². The number of hydrogen-bond acceptors (Lipinski definition) is 7. The van der Waals surface area contributed by atoms with Crippen molar-refractivity contribution >= 4 is 23.5 Å². The summed E-state index contributed by atoms with van der Waals surface area (Å²) in [6.07, 6.45) is 10.2. The molecule has 5 heterocycles. The molecule has 8 atom stereocenters. The quantitative estimate of drug-likeness (QED) is 0.260. The smallest absolute Gasteiger partial charge is 0.339 e. The predicted molar refractivity (Wildman–Crippen MR) is 121 cm³/mol. The molecule has 182 valence electrons. The van der Waals surface area contributed by atoms with Crippen LogP contribution >= 0.6 is 11.6 Å². The van der Waals surface area contributed by atoms with Crippen molar-refractivity contribution in [1.82, 2.24) is 0 Å². The number of furan rings is 1. The van der Waals surface area contributed by atoms with Gasteiger partial charge in [0.05, 0.1) is 24.0 Å². The van der Waals surface area contributed by atoms with Crippen LogP contribution in [0.5, 0.6) is 0 Å². The van der Waals surface area contributed by atoms with Crippen molar-refractivity contribution in [2.45, 2.75) is 82.0 Å². The number of ether oxygens (including phenoxy) is 4. The van der Waals surface area contributed by atoms with E-state index in [4.69, 9.17) is 35.0 Å². The number of allylic oxidation sites excluding steroid dienone is 1. The molecule has 34 heavy (non-hydrogen) atoms. The first kappa shape index (κ1) is 22.4. The largest absolute Gasteiger partial charge is 0.472 e. The summed E-state index contributed by atoms with van der Waals surface area (Å²) >= 11 is 7.09. The number of carbonyl (C=O) groups excluding carboxylic acids is 2. The molecule has 0 saturated carbocycles. The number of halogens is 1. The van der Waals surface area contributed by atoms with Gasteiger partial charge in [-0.05, 0) is 39.7 Å². The first-order valence-electron chi connectivity index (χ1n) is 11.7. The minimum Gasteiger partial charge on any atom is -0.472 e. The Morgan fingerprint density at radius 2 is 1.79 bits per heavy atom.